The van der Waals surface area contributed by atoms with Crippen LogP contribution in [-0.4, -0.2) is 10.9 Å². The van der Waals surface area contributed by atoms with Gasteiger partial charge in [-0.15, -0.1) is 11.3 Å². The van der Waals surface area contributed by atoms with Crippen LogP contribution in [-0.2, 0) is 6.54 Å². The Morgan fingerprint density at radius 2 is 1.85 bits per heavy atom. The largest absolute Gasteiger partial charge is 0.348 e. The van der Waals surface area contributed by atoms with Gasteiger partial charge in [0.25, 0.3) is 11.5 Å². The lowest BCUT2D eigenvalue weighted by Crippen LogP contribution is -2.28. The van der Waals surface area contributed by atoms with Crippen molar-refractivity contribution in [1.29, 1.82) is 0 Å². The second kappa shape index (κ2) is 10.9. The van der Waals surface area contributed by atoms with Crippen molar-refractivity contribution >= 4 is 22.8 Å². The lowest BCUT2D eigenvalue weighted by molar-refractivity contribution is 0.0950. The third kappa shape index (κ3) is 5.68. The van der Waals surface area contributed by atoms with Crippen molar-refractivity contribution in [2.45, 2.75) is 80.7 Å². The maximum absolute atomic E-state index is 13.0. The van der Waals surface area contributed by atoms with Gasteiger partial charge in [0.1, 0.15) is 0 Å². The molecule has 0 spiro atoms. The molecule has 2 N–H and O–H groups in total. The number of thiophene rings is 1. The Morgan fingerprint density at radius 1 is 1.18 bits per heavy atom. The molecule has 2 aromatic heterocycles. The lowest BCUT2D eigenvalue weighted by atomic mass is 9.71. The van der Waals surface area contributed by atoms with E-state index in [0.717, 1.165) is 40.1 Å². The van der Waals surface area contributed by atoms with Crippen molar-refractivity contribution in [3.8, 4) is 0 Å². The van der Waals surface area contributed by atoms with E-state index in [1.54, 1.807) is 11.3 Å². The summed E-state index contributed by atoms with van der Waals surface area (Å²) in [6.07, 6.45) is 7.31. The number of carbonyl (C=O) groups excluding carboxylic acids is 1. The number of amides is 1. The van der Waals surface area contributed by atoms with Crippen LogP contribution in [0, 0.1) is 44.4 Å². The monoisotopic (exact) mass is 468 g/mol. The Hall–Kier alpha value is -2.14. The summed E-state index contributed by atoms with van der Waals surface area (Å²) in [6, 6.07) is 1.94. The Bertz CT molecular complexity index is 1070. The van der Waals surface area contributed by atoms with Gasteiger partial charge >= 0.3 is 0 Å². The molecule has 1 unspecified atom stereocenters. The third-order valence-electron chi connectivity index (χ3n) is 7.78. The highest BCUT2D eigenvalue weighted by atomic mass is 32.1. The van der Waals surface area contributed by atoms with E-state index >= 15 is 0 Å². The first kappa shape index (κ1) is 25.5. The molecule has 0 radical (unpaired) electrons. The summed E-state index contributed by atoms with van der Waals surface area (Å²) in [5.41, 5.74) is 5.39. The van der Waals surface area contributed by atoms with Gasteiger partial charge in [0.2, 0.25) is 0 Å². The number of aryl methyl sites for hydroxylation is 2. The Morgan fingerprint density at radius 3 is 2.42 bits per heavy atom. The van der Waals surface area contributed by atoms with Crippen molar-refractivity contribution in [2.75, 3.05) is 0 Å². The second-order valence-electron chi connectivity index (χ2n) is 10.2. The van der Waals surface area contributed by atoms with Crippen LogP contribution in [0.5, 0.6) is 0 Å². The number of aromatic nitrogens is 1. The van der Waals surface area contributed by atoms with Gasteiger partial charge in [0, 0.05) is 28.1 Å². The topological polar surface area (TPSA) is 62.0 Å². The van der Waals surface area contributed by atoms with Crippen molar-refractivity contribution in [3.63, 3.8) is 0 Å². The first-order valence-electron chi connectivity index (χ1n) is 12.4. The number of nitrogens with one attached hydrogen (secondary N) is 2. The molecule has 0 saturated heterocycles. The van der Waals surface area contributed by atoms with Gasteiger partial charge in [-0.1, -0.05) is 26.8 Å². The highest BCUT2D eigenvalue weighted by Gasteiger charge is 2.30. The fourth-order valence-electron chi connectivity index (χ4n) is 5.34. The highest BCUT2D eigenvalue weighted by Crippen LogP contribution is 2.43. The van der Waals surface area contributed by atoms with Crippen molar-refractivity contribution in [2.24, 2.45) is 23.7 Å². The number of allylic oxidation sites excluding steroid dienone is 2. The predicted molar refractivity (Wildman–Crippen MR) is 140 cm³/mol. The van der Waals surface area contributed by atoms with Crippen LogP contribution in [0.15, 0.2) is 22.3 Å². The van der Waals surface area contributed by atoms with Crippen LogP contribution < -0.4 is 10.9 Å². The molecule has 2 aromatic rings. The average molecular weight is 469 g/mol. The molecule has 2 heterocycles. The van der Waals surface area contributed by atoms with Crippen LogP contribution in [0.3, 0.4) is 0 Å². The summed E-state index contributed by atoms with van der Waals surface area (Å²) >= 11 is 1.68. The first-order chi connectivity index (χ1) is 15.6. The zero-order valence-corrected chi connectivity index (χ0v) is 22.1. The van der Waals surface area contributed by atoms with Gasteiger partial charge in [-0.2, -0.15) is 0 Å². The quantitative estimate of drug-likeness (QED) is 0.470. The van der Waals surface area contributed by atoms with Gasteiger partial charge in [-0.05, 0) is 99.8 Å². The smallest absolute Gasteiger partial charge is 0.253 e. The summed E-state index contributed by atoms with van der Waals surface area (Å²) in [5.74, 6) is 2.82. The molecule has 0 aromatic carbocycles. The molecule has 1 aliphatic carbocycles. The maximum Gasteiger partial charge on any atom is 0.253 e. The summed E-state index contributed by atoms with van der Waals surface area (Å²) < 4.78 is 0. The van der Waals surface area contributed by atoms with Gasteiger partial charge < -0.3 is 10.3 Å². The lowest BCUT2D eigenvalue weighted by Gasteiger charge is -2.35. The third-order valence-corrected chi connectivity index (χ3v) is 8.91. The van der Waals surface area contributed by atoms with E-state index in [1.807, 2.05) is 25.3 Å². The molecule has 4 nitrogen and oxygen atoms in total. The fraction of sp³-hybridized carbons (Fsp3) is 0.571. The van der Waals surface area contributed by atoms with E-state index in [4.69, 9.17) is 0 Å². The normalized spacial score (nSPS) is 20.2. The number of carbonyl (C=O) groups is 1. The molecule has 180 valence electrons. The molecule has 0 bridgehead atoms. The van der Waals surface area contributed by atoms with E-state index in [1.165, 1.54) is 36.1 Å². The minimum atomic E-state index is -0.130. The Kier molecular flexibility index (Phi) is 8.38. The zero-order chi connectivity index (χ0) is 24.3. The van der Waals surface area contributed by atoms with E-state index in [9.17, 15) is 9.59 Å². The second-order valence-corrected chi connectivity index (χ2v) is 11.1. The molecular weight excluding hydrogens is 428 g/mol. The van der Waals surface area contributed by atoms with Crippen LogP contribution >= 0.6 is 11.3 Å². The highest BCUT2D eigenvalue weighted by molar-refractivity contribution is 7.11. The van der Waals surface area contributed by atoms with Crippen LogP contribution in [0.4, 0.5) is 0 Å². The minimum Gasteiger partial charge on any atom is -0.348 e. The number of aromatic amines is 1. The van der Waals surface area contributed by atoms with E-state index in [-0.39, 0.29) is 18.0 Å². The number of hydrogen-bond acceptors (Lipinski definition) is 3. The van der Waals surface area contributed by atoms with Crippen LogP contribution in [0.1, 0.15) is 91.0 Å². The van der Waals surface area contributed by atoms with Crippen LogP contribution in [0.2, 0.25) is 0 Å². The number of hydrogen-bond donors (Lipinski definition) is 2. The van der Waals surface area contributed by atoms with Gasteiger partial charge in [-0.25, -0.2) is 0 Å². The van der Waals surface area contributed by atoms with Crippen LogP contribution in [0.25, 0.3) is 5.57 Å². The van der Waals surface area contributed by atoms with Crippen molar-refractivity contribution in [3.05, 3.63) is 60.7 Å². The SMILES string of the molecule is CC=C(c1scc(C(=O)NCc2c(C)cc(C)[nH]c2=O)c1C)C1CCC(C(C)C(C)C)CC1. The zero-order valence-electron chi connectivity index (χ0n) is 21.3. The Balaban J connectivity index is 1.69. The fourth-order valence-corrected chi connectivity index (χ4v) is 6.57. The van der Waals surface area contributed by atoms with Gasteiger partial charge in [0.05, 0.1) is 5.56 Å². The Labute approximate surface area is 202 Å². The van der Waals surface area contributed by atoms with Gasteiger partial charge in [-0.3, -0.25) is 9.59 Å². The number of pyridine rings is 1. The molecule has 0 aliphatic heterocycles. The van der Waals surface area contributed by atoms with Crippen molar-refractivity contribution < 1.29 is 4.79 Å². The van der Waals surface area contributed by atoms with E-state index in [2.05, 4.69) is 51.0 Å². The van der Waals surface area contributed by atoms with E-state index in [0.29, 0.717) is 11.5 Å². The molecule has 33 heavy (non-hydrogen) atoms. The molecule has 1 saturated carbocycles. The summed E-state index contributed by atoms with van der Waals surface area (Å²) in [6.45, 7) is 15.3. The molecule has 1 aliphatic rings. The van der Waals surface area contributed by atoms with E-state index < -0.39 is 0 Å². The molecule has 1 fully saturated rings. The molecule has 1 amide bonds. The first-order valence-corrected chi connectivity index (χ1v) is 13.2. The predicted octanol–water partition coefficient (Wildman–Crippen LogP) is 6.79. The van der Waals surface area contributed by atoms with Gasteiger partial charge in [0.15, 0.2) is 0 Å². The summed E-state index contributed by atoms with van der Waals surface area (Å²) in [5, 5.41) is 4.94. The van der Waals surface area contributed by atoms with Crippen molar-refractivity contribution in [1.82, 2.24) is 10.3 Å². The molecule has 1 atom stereocenters. The number of rotatable bonds is 7. The standard InChI is InChI=1S/C28H40N2O2S/c1-8-23(22-11-9-21(10-12-22)19(6)16(2)3)26-20(7)25(15-33-26)27(31)29-14-24-17(4)13-18(5)30-28(24)32/h8,13,15-16,19,21-22H,9-12,14H2,1-7H3,(H,29,31)(H,30,32). The minimum absolute atomic E-state index is 0.112. The summed E-state index contributed by atoms with van der Waals surface area (Å²) in [4.78, 5) is 29.3. The number of H-pyrrole nitrogens is 1. The average Bonchev–Trinajstić information content (AvgIpc) is 3.14. The summed E-state index contributed by atoms with van der Waals surface area (Å²) in [7, 11) is 0. The maximum atomic E-state index is 13.0. The molecular formula is C28H40N2O2S. The molecule has 5 heteroatoms. The molecule has 3 rings (SSSR count).